The van der Waals surface area contributed by atoms with Crippen LogP contribution in [0.3, 0.4) is 0 Å². The van der Waals surface area contributed by atoms with Crippen molar-refractivity contribution in [3.8, 4) is 50.6 Å². The van der Waals surface area contributed by atoms with Crippen LogP contribution in [0.2, 0.25) is 17.3 Å². The molecule has 0 aliphatic carbocycles. The van der Waals surface area contributed by atoms with Gasteiger partial charge in [-0.15, -0.1) is 18.2 Å². The van der Waals surface area contributed by atoms with Gasteiger partial charge in [-0.1, -0.05) is 150 Å². The van der Waals surface area contributed by atoms with E-state index in [4.69, 9.17) is 14.4 Å². The Balaban J connectivity index is 0.000000271. The summed E-state index contributed by atoms with van der Waals surface area (Å²) in [4.78, 5) is 10.0. The predicted octanol–water partition coefficient (Wildman–Crippen LogP) is 17.6. The molecule has 0 aliphatic heterocycles. The quantitative estimate of drug-likeness (QED) is 0.101. The van der Waals surface area contributed by atoms with Crippen molar-refractivity contribution in [2.24, 2.45) is 5.92 Å². The number of furan rings is 1. The van der Waals surface area contributed by atoms with Crippen molar-refractivity contribution in [3.63, 3.8) is 0 Å². The minimum atomic E-state index is -1.86. The third-order valence-electron chi connectivity index (χ3n) is 13.5. The summed E-state index contributed by atoms with van der Waals surface area (Å²) in [6, 6.07) is 60.5. The zero-order valence-corrected chi connectivity index (χ0v) is 48.0. The molecule has 0 saturated heterocycles. The second-order valence-electron chi connectivity index (χ2n) is 22.0. The van der Waals surface area contributed by atoms with Crippen LogP contribution in [-0.4, -0.2) is 27.8 Å². The van der Waals surface area contributed by atoms with E-state index in [2.05, 4.69) is 230 Å². The molecule has 0 atom stereocenters. The average molecular weight is 1170 g/mol. The van der Waals surface area contributed by atoms with Crippen LogP contribution in [0.4, 0.5) is 0 Å². The van der Waals surface area contributed by atoms with Crippen molar-refractivity contribution in [1.82, 2.24) is 14.5 Å². The number of benzene rings is 7. The minimum Gasteiger partial charge on any atom is -0.501 e. The first-order valence-electron chi connectivity index (χ1n) is 25.1. The number of hydrogen-bond donors (Lipinski definition) is 0. The number of para-hydroxylation sites is 2. The van der Waals surface area contributed by atoms with Gasteiger partial charge >= 0.3 is 126 Å². The minimum absolute atomic E-state index is 0. The van der Waals surface area contributed by atoms with Crippen molar-refractivity contribution in [3.05, 3.63) is 192 Å². The maximum Gasteiger partial charge on any atom is 0.121 e. The van der Waals surface area contributed by atoms with Gasteiger partial charge in [0.25, 0.3) is 0 Å². The third kappa shape index (κ3) is 10.8. The van der Waals surface area contributed by atoms with Gasteiger partial charge in [-0.2, -0.15) is 0 Å². The maximum atomic E-state index is 6.81. The van der Waals surface area contributed by atoms with E-state index in [0.29, 0.717) is 17.8 Å². The first-order chi connectivity index (χ1) is 33.5. The van der Waals surface area contributed by atoms with Gasteiger partial charge in [-0.05, 0) is 74.4 Å². The molecule has 10 rings (SSSR count). The molecule has 0 bridgehead atoms. The first-order valence-corrected chi connectivity index (χ1v) is 32.5. The fourth-order valence-electron chi connectivity index (χ4n) is 9.73. The fraction of sp³-hybridized carbons (Fsp3) is 0.262. The second kappa shape index (κ2) is 21.1. The van der Waals surface area contributed by atoms with Crippen LogP contribution in [0, 0.1) is 18.1 Å². The molecule has 3 heterocycles. The Labute approximate surface area is 438 Å². The molecule has 0 N–H and O–H groups in total. The smallest absolute Gasteiger partial charge is 0.121 e. The Morgan fingerprint density at radius 2 is 1.25 bits per heavy atom. The van der Waals surface area contributed by atoms with E-state index in [0.717, 1.165) is 73.2 Å². The molecule has 0 saturated carbocycles. The molecule has 1 radical (unpaired) electrons. The zero-order valence-electron chi connectivity index (χ0n) is 43.5. The van der Waals surface area contributed by atoms with Crippen molar-refractivity contribution in [1.29, 1.82) is 0 Å². The summed E-state index contributed by atoms with van der Waals surface area (Å²) in [6.45, 7) is 20.7. The molecule has 3 aromatic heterocycles. The number of imidazole rings is 1. The largest absolute Gasteiger partial charge is 0.501 e. The van der Waals surface area contributed by atoms with Gasteiger partial charge < -0.3 is 8.98 Å². The molecular formula is C65H67GeIrN3O-2. The number of pyridine rings is 1. The molecule has 7 aromatic carbocycles. The SMILES string of the molecule is CC(C)Cc1cc(-c2[c-]cccc2)nc[c]1[Ge]([CH3])([CH3])[CH3].CC(C)c1cc(C(C)(C)C)cc(C(C)C)c1-n1c(-c2[c-]ccc3c2oc2cc(-c4ccc(-c5ccccc5)cc4)ccc23)nc2ccccc21.[Ir]. The van der Waals surface area contributed by atoms with Gasteiger partial charge in [-0.25, -0.2) is 0 Å². The molecule has 0 unspecified atom stereocenters. The van der Waals surface area contributed by atoms with Gasteiger partial charge in [0.05, 0.1) is 22.4 Å². The molecule has 6 heteroatoms. The van der Waals surface area contributed by atoms with E-state index >= 15 is 0 Å². The number of nitrogens with zero attached hydrogens (tertiary/aromatic N) is 3. The molecule has 0 spiro atoms. The molecule has 0 aliphatic rings. The van der Waals surface area contributed by atoms with E-state index in [1.807, 2.05) is 24.3 Å². The summed E-state index contributed by atoms with van der Waals surface area (Å²) in [7, 11) is 0. The Kier molecular flexibility index (Phi) is 15.3. The van der Waals surface area contributed by atoms with E-state index in [1.165, 1.54) is 39.1 Å². The monoisotopic (exact) mass is 1170 g/mol. The van der Waals surface area contributed by atoms with Gasteiger partial charge in [0.2, 0.25) is 0 Å². The molecule has 0 amide bonds. The summed E-state index contributed by atoms with van der Waals surface area (Å²) < 4.78 is 10.7. The van der Waals surface area contributed by atoms with E-state index < -0.39 is 13.3 Å². The number of hydrogen-bond acceptors (Lipinski definition) is 3. The van der Waals surface area contributed by atoms with Crippen LogP contribution >= 0.6 is 0 Å². The summed E-state index contributed by atoms with van der Waals surface area (Å²) in [5.41, 5.74) is 18.1. The number of aromatic nitrogens is 3. The van der Waals surface area contributed by atoms with Crippen LogP contribution in [0.1, 0.15) is 96.4 Å². The van der Waals surface area contributed by atoms with Crippen molar-refractivity contribution >= 4 is 50.6 Å². The van der Waals surface area contributed by atoms with E-state index in [1.54, 1.807) is 4.40 Å². The Morgan fingerprint density at radius 1 is 0.634 bits per heavy atom. The topological polar surface area (TPSA) is 43.9 Å². The second-order valence-corrected chi connectivity index (χ2v) is 32.6. The summed E-state index contributed by atoms with van der Waals surface area (Å²) in [5.74, 6) is 9.46. The average Bonchev–Trinajstić information content (AvgIpc) is 3.92. The summed E-state index contributed by atoms with van der Waals surface area (Å²) >= 11 is -1.86. The van der Waals surface area contributed by atoms with Gasteiger partial charge in [0.15, 0.2) is 0 Å². The maximum absolute atomic E-state index is 6.81. The standard InChI is InChI=1S/C47H43N2O.C18H24GeN.Ir/c1-29(2)39-27-35(47(5,6)7)28-40(30(3)4)44(39)49-42-19-12-11-18-41(42)48-46(49)38-17-13-16-37-36-25-24-34(26-43(36)50-45(37)38)33-22-20-32(21-23-33)31-14-9-8-10-15-31;1-14(2)11-16-12-18(15-9-7-6-8-10-15)20-13-17(16)19(3,4)5;/h8-16,18-30H,1-7H3;6-9,12-14H,11H2,1-5H3;/q2*-1;. The van der Waals surface area contributed by atoms with Crippen molar-refractivity contribution < 1.29 is 24.5 Å². The Bertz CT molecular complexity index is 3410. The Hall–Kier alpha value is -5.85. The summed E-state index contributed by atoms with van der Waals surface area (Å²) in [6.07, 6.45) is 3.27. The third-order valence-corrected chi connectivity index (χ3v) is 17.8. The molecule has 0 fully saturated rings. The molecular weight excluding hydrogens is 1100 g/mol. The molecule has 4 nitrogen and oxygen atoms in total. The molecule has 363 valence electrons. The van der Waals surface area contributed by atoms with E-state index in [-0.39, 0.29) is 25.5 Å². The molecule has 10 aromatic rings. The zero-order chi connectivity index (χ0) is 49.5. The van der Waals surface area contributed by atoms with Gasteiger partial charge in [0.1, 0.15) is 5.58 Å². The van der Waals surface area contributed by atoms with Crippen molar-refractivity contribution in [2.75, 3.05) is 0 Å². The summed E-state index contributed by atoms with van der Waals surface area (Å²) in [5, 5.41) is 2.15. The number of rotatable bonds is 10. The van der Waals surface area contributed by atoms with Crippen molar-refractivity contribution in [2.45, 2.75) is 103 Å². The van der Waals surface area contributed by atoms with Crippen LogP contribution in [0.15, 0.2) is 162 Å². The molecule has 71 heavy (non-hydrogen) atoms. The first kappa shape index (κ1) is 51.5. The predicted molar refractivity (Wildman–Crippen MR) is 300 cm³/mol. The number of fused-ring (bicyclic) bond motifs is 4. The van der Waals surface area contributed by atoms with Crippen LogP contribution < -0.4 is 4.40 Å². The van der Waals surface area contributed by atoms with Crippen LogP contribution in [0.5, 0.6) is 0 Å². The Morgan fingerprint density at radius 3 is 1.87 bits per heavy atom. The normalized spacial score (nSPS) is 12.0. The van der Waals surface area contributed by atoms with Gasteiger partial charge in [-0.3, -0.25) is 4.98 Å². The van der Waals surface area contributed by atoms with E-state index in [9.17, 15) is 0 Å². The fourth-order valence-corrected chi connectivity index (χ4v) is 13.1. The van der Waals surface area contributed by atoms with Crippen LogP contribution in [-0.2, 0) is 31.9 Å². The van der Waals surface area contributed by atoms with Gasteiger partial charge in [0, 0.05) is 31.2 Å². The van der Waals surface area contributed by atoms with Crippen LogP contribution in [0.25, 0.3) is 83.6 Å².